The van der Waals surface area contributed by atoms with Crippen molar-refractivity contribution in [1.29, 1.82) is 0 Å². The van der Waals surface area contributed by atoms with Gasteiger partial charge in [0.1, 0.15) is 0 Å². The van der Waals surface area contributed by atoms with Crippen molar-refractivity contribution in [2.24, 2.45) is 0 Å². The Kier molecular flexibility index (Phi) is 5.86. The number of rotatable bonds is 4. The molecule has 1 fully saturated rings. The number of benzene rings is 1. The van der Waals surface area contributed by atoms with Crippen molar-refractivity contribution in [1.82, 2.24) is 14.9 Å². The van der Waals surface area contributed by atoms with Crippen LogP contribution in [0.15, 0.2) is 36.7 Å². The minimum atomic E-state index is -4.37. The van der Waals surface area contributed by atoms with Crippen molar-refractivity contribution in [3.8, 4) is 0 Å². The van der Waals surface area contributed by atoms with E-state index >= 15 is 0 Å². The van der Waals surface area contributed by atoms with Crippen molar-refractivity contribution in [3.63, 3.8) is 0 Å². The molecule has 8 heteroatoms. The van der Waals surface area contributed by atoms with Crippen molar-refractivity contribution < 1.29 is 18.0 Å². The van der Waals surface area contributed by atoms with Gasteiger partial charge in [0.05, 0.1) is 12.0 Å². The monoisotopic (exact) mass is 392 g/mol. The van der Waals surface area contributed by atoms with E-state index in [1.807, 2.05) is 18.9 Å². The highest BCUT2D eigenvalue weighted by atomic mass is 19.4. The number of aryl methyl sites for hydroxylation is 1. The summed E-state index contributed by atoms with van der Waals surface area (Å²) >= 11 is 0. The largest absolute Gasteiger partial charge is 0.416 e. The normalized spacial score (nSPS) is 17.5. The van der Waals surface area contributed by atoms with Gasteiger partial charge in [-0.2, -0.15) is 13.2 Å². The highest BCUT2D eigenvalue weighted by molar-refractivity contribution is 5.79. The Morgan fingerprint density at radius 1 is 1.21 bits per heavy atom. The van der Waals surface area contributed by atoms with Crippen LogP contribution in [0, 0.1) is 6.92 Å². The van der Waals surface area contributed by atoms with Gasteiger partial charge in [0, 0.05) is 38.6 Å². The number of alkyl halides is 3. The predicted molar refractivity (Wildman–Crippen MR) is 99.9 cm³/mol. The molecule has 28 heavy (non-hydrogen) atoms. The van der Waals surface area contributed by atoms with Crippen molar-refractivity contribution in [2.75, 3.05) is 25.0 Å². The maximum Gasteiger partial charge on any atom is 0.416 e. The molecule has 0 aliphatic carbocycles. The van der Waals surface area contributed by atoms with Gasteiger partial charge in [0.25, 0.3) is 0 Å². The lowest BCUT2D eigenvalue weighted by molar-refractivity contribution is -0.137. The summed E-state index contributed by atoms with van der Waals surface area (Å²) < 4.78 is 38.0. The molecule has 3 rings (SSSR count). The summed E-state index contributed by atoms with van der Waals surface area (Å²) in [7, 11) is 1.92. The first-order valence-electron chi connectivity index (χ1n) is 9.19. The molecular weight excluding hydrogens is 369 g/mol. The summed E-state index contributed by atoms with van der Waals surface area (Å²) in [5, 5.41) is 0. The molecule has 0 bridgehead atoms. The smallest absolute Gasteiger partial charge is 0.340 e. The molecule has 0 N–H and O–H groups in total. The lowest BCUT2D eigenvalue weighted by Crippen LogP contribution is -2.49. The Morgan fingerprint density at radius 2 is 1.86 bits per heavy atom. The minimum absolute atomic E-state index is 0.0808. The number of piperidine rings is 1. The maximum atomic E-state index is 12.7. The van der Waals surface area contributed by atoms with Gasteiger partial charge in [-0.05, 0) is 43.0 Å². The van der Waals surface area contributed by atoms with E-state index < -0.39 is 11.7 Å². The molecule has 1 aromatic carbocycles. The third-order valence-electron chi connectivity index (χ3n) is 5.02. The quantitative estimate of drug-likeness (QED) is 0.800. The molecule has 1 aromatic heterocycles. The number of likely N-dealkylation sites (N-methyl/N-ethyl adjacent to an activating group) is 1. The number of carbonyl (C=O) groups excluding carboxylic acids is 1. The number of hydrogen-bond acceptors (Lipinski definition) is 4. The molecule has 0 radical (unpaired) electrons. The standard InChI is InChI=1S/C20H23F3N4O/c1-14-11-24-19(25-12-14)26(2)17-4-3-9-27(13-17)18(28)10-15-5-7-16(8-6-15)20(21,22)23/h5-8,11-12,17H,3-4,9-10,13H2,1-2H3. The second kappa shape index (κ2) is 8.16. The van der Waals surface area contributed by atoms with Gasteiger partial charge in [0.15, 0.2) is 0 Å². The number of likely N-dealkylation sites (tertiary alicyclic amines) is 1. The van der Waals surface area contributed by atoms with E-state index in [4.69, 9.17) is 0 Å². The molecule has 5 nitrogen and oxygen atoms in total. The van der Waals surface area contributed by atoms with Gasteiger partial charge in [-0.1, -0.05) is 12.1 Å². The second-order valence-electron chi connectivity index (χ2n) is 7.18. The van der Waals surface area contributed by atoms with Gasteiger partial charge >= 0.3 is 6.18 Å². The Hall–Kier alpha value is -2.64. The molecule has 0 saturated carbocycles. The van der Waals surface area contributed by atoms with Crippen LogP contribution in [0.25, 0.3) is 0 Å². The number of aromatic nitrogens is 2. The molecule has 2 heterocycles. The predicted octanol–water partition coefficient (Wildman–Crippen LogP) is 3.47. The van der Waals surface area contributed by atoms with E-state index in [0.717, 1.165) is 30.5 Å². The Labute approximate surface area is 162 Å². The van der Waals surface area contributed by atoms with Crippen molar-refractivity contribution in [3.05, 3.63) is 53.3 Å². The van der Waals surface area contributed by atoms with E-state index in [1.165, 1.54) is 12.1 Å². The summed E-state index contributed by atoms with van der Waals surface area (Å²) in [6.07, 6.45) is 1.03. The lowest BCUT2D eigenvalue weighted by atomic mass is 10.0. The van der Waals surface area contributed by atoms with Gasteiger partial charge in [0.2, 0.25) is 11.9 Å². The van der Waals surface area contributed by atoms with Crippen LogP contribution in [-0.4, -0.2) is 47.0 Å². The molecule has 1 aliphatic rings. The van der Waals surface area contributed by atoms with E-state index in [-0.39, 0.29) is 18.4 Å². The molecular formula is C20H23F3N4O. The molecule has 0 spiro atoms. The molecule has 1 saturated heterocycles. The number of nitrogens with zero attached hydrogens (tertiary/aromatic N) is 4. The minimum Gasteiger partial charge on any atom is -0.340 e. The summed E-state index contributed by atoms with van der Waals surface area (Å²) in [5.41, 5.74) is 0.853. The van der Waals surface area contributed by atoms with Crippen LogP contribution in [0.3, 0.4) is 0 Å². The van der Waals surface area contributed by atoms with E-state index in [9.17, 15) is 18.0 Å². The Balaban J connectivity index is 1.61. The number of amides is 1. The first-order valence-corrected chi connectivity index (χ1v) is 9.19. The summed E-state index contributed by atoms with van der Waals surface area (Å²) in [5.74, 6) is 0.537. The fourth-order valence-electron chi connectivity index (χ4n) is 3.33. The number of halogens is 3. The Bertz CT molecular complexity index is 806. The van der Waals surface area contributed by atoms with Crippen molar-refractivity contribution >= 4 is 11.9 Å². The zero-order chi connectivity index (χ0) is 20.3. The molecule has 1 amide bonds. The zero-order valence-electron chi connectivity index (χ0n) is 15.9. The molecule has 1 atom stereocenters. The van der Waals surface area contributed by atoms with Crippen LogP contribution >= 0.6 is 0 Å². The second-order valence-corrected chi connectivity index (χ2v) is 7.18. The first-order chi connectivity index (χ1) is 13.2. The van der Waals surface area contributed by atoms with Crippen LogP contribution < -0.4 is 4.90 Å². The molecule has 150 valence electrons. The molecule has 1 aliphatic heterocycles. The van der Waals surface area contributed by atoms with Crippen LogP contribution in [0.4, 0.5) is 19.1 Å². The van der Waals surface area contributed by atoms with Crippen molar-refractivity contribution in [2.45, 2.75) is 38.4 Å². The van der Waals surface area contributed by atoms with Gasteiger partial charge < -0.3 is 9.80 Å². The average Bonchev–Trinajstić information content (AvgIpc) is 2.68. The number of anilines is 1. The average molecular weight is 392 g/mol. The van der Waals surface area contributed by atoms with E-state index in [0.29, 0.717) is 24.6 Å². The topological polar surface area (TPSA) is 49.3 Å². The summed E-state index contributed by atoms with van der Waals surface area (Å²) in [6.45, 7) is 3.12. The highest BCUT2D eigenvalue weighted by Gasteiger charge is 2.30. The Morgan fingerprint density at radius 3 is 2.46 bits per heavy atom. The zero-order valence-corrected chi connectivity index (χ0v) is 15.9. The van der Waals surface area contributed by atoms with Gasteiger partial charge in [-0.25, -0.2) is 9.97 Å². The fourth-order valence-corrected chi connectivity index (χ4v) is 3.33. The summed E-state index contributed by atoms with van der Waals surface area (Å²) in [4.78, 5) is 25.1. The summed E-state index contributed by atoms with van der Waals surface area (Å²) in [6, 6.07) is 4.88. The fraction of sp³-hybridized carbons (Fsp3) is 0.450. The molecule has 2 aromatic rings. The van der Waals surface area contributed by atoms with Crippen LogP contribution in [0.5, 0.6) is 0 Å². The van der Waals surface area contributed by atoms with Crippen LogP contribution in [0.2, 0.25) is 0 Å². The van der Waals surface area contributed by atoms with E-state index in [1.54, 1.807) is 17.3 Å². The van der Waals surface area contributed by atoms with Crippen LogP contribution in [0.1, 0.15) is 29.5 Å². The third kappa shape index (κ3) is 4.79. The third-order valence-corrected chi connectivity index (χ3v) is 5.02. The number of hydrogen-bond donors (Lipinski definition) is 0. The van der Waals surface area contributed by atoms with E-state index in [2.05, 4.69) is 9.97 Å². The highest BCUT2D eigenvalue weighted by Crippen LogP contribution is 2.29. The van der Waals surface area contributed by atoms with Crippen LogP contribution in [-0.2, 0) is 17.4 Å². The SMILES string of the molecule is Cc1cnc(N(C)C2CCCN(C(=O)Cc3ccc(C(F)(F)F)cc3)C2)nc1. The lowest BCUT2D eigenvalue weighted by Gasteiger charge is -2.37. The maximum absolute atomic E-state index is 12.7. The van der Waals surface area contributed by atoms with Gasteiger partial charge in [-0.15, -0.1) is 0 Å². The molecule has 1 unspecified atom stereocenters. The first kappa shape index (κ1) is 20.1. The van der Waals surface area contributed by atoms with Gasteiger partial charge in [-0.3, -0.25) is 4.79 Å². The number of carbonyl (C=O) groups is 1.